The van der Waals surface area contributed by atoms with Crippen molar-refractivity contribution >= 4 is 11.7 Å². The summed E-state index contributed by atoms with van der Waals surface area (Å²) in [5.41, 5.74) is 2.51. The Balaban J connectivity index is 1.40. The van der Waals surface area contributed by atoms with Crippen LogP contribution in [-0.4, -0.2) is 48.7 Å². The maximum absolute atomic E-state index is 12.3. The number of carbonyl (C=O) groups is 1. The van der Waals surface area contributed by atoms with Crippen LogP contribution in [0.1, 0.15) is 12.1 Å². The Kier molecular flexibility index (Phi) is 5.64. The first kappa shape index (κ1) is 17.4. The lowest BCUT2D eigenvalue weighted by Gasteiger charge is -2.23. The third kappa shape index (κ3) is 4.56. The van der Waals surface area contributed by atoms with Gasteiger partial charge in [0.1, 0.15) is 0 Å². The molecule has 0 spiro atoms. The van der Waals surface area contributed by atoms with Crippen molar-refractivity contribution in [1.82, 2.24) is 14.8 Å². The molecule has 1 N–H and O–H groups in total. The number of nitrogens with one attached hydrogen (secondary N) is 1. The maximum Gasteiger partial charge on any atom is 0.317 e. The number of hydrogen-bond acceptors (Lipinski definition) is 2. The van der Waals surface area contributed by atoms with Crippen LogP contribution in [0, 0.1) is 5.92 Å². The van der Waals surface area contributed by atoms with E-state index in [0.717, 1.165) is 32.5 Å². The number of amides is 2. The SMILES string of the molecule is CN(C[C@H]1CCN(c2ccccc2)C1)C(=O)NCCc1cccn1C. The highest BCUT2D eigenvalue weighted by Crippen LogP contribution is 2.23. The van der Waals surface area contributed by atoms with Gasteiger partial charge in [-0.2, -0.15) is 0 Å². The van der Waals surface area contributed by atoms with Gasteiger partial charge in [-0.3, -0.25) is 0 Å². The van der Waals surface area contributed by atoms with Crippen molar-refractivity contribution in [3.63, 3.8) is 0 Å². The minimum absolute atomic E-state index is 0.0207. The number of para-hydroxylation sites is 1. The van der Waals surface area contributed by atoms with Crippen molar-refractivity contribution in [3.05, 3.63) is 54.4 Å². The van der Waals surface area contributed by atoms with Crippen molar-refractivity contribution in [2.45, 2.75) is 12.8 Å². The largest absolute Gasteiger partial charge is 0.371 e. The molecular weight excluding hydrogens is 312 g/mol. The highest BCUT2D eigenvalue weighted by atomic mass is 16.2. The molecule has 1 aromatic heterocycles. The van der Waals surface area contributed by atoms with E-state index in [1.165, 1.54) is 11.4 Å². The molecule has 1 fully saturated rings. The number of benzene rings is 1. The van der Waals surface area contributed by atoms with Crippen LogP contribution in [0.3, 0.4) is 0 Å². The van der Waals surface area contributed by atoms with E-state index in [1.807, 2.05) is 37.3 Å². The molecule has 1 aliphatic rings. The molecule has 2 heterocycles. The number of nitrogens with zero attached hydrogens (tertiary/aromatic N) is 3. The van der Waals surface area contributed by atoms with Crippen LogP contribution < -0.4 is 10.2 Å². The normalized spacial score (nSPS) is 16.9. The zero-order valence-corrected chi connectivity index (χ0v) is 15.2. The van der Waals surface area contributed by atoms with Crippen LogP contribution in [0.15, 0.2) is 48.7 Å². The quantitative estimate of drug-likeness (QED) is 0.878. The topological polar surface area (TPSA) is 40.5 Å². The van der Waals surface area contributed by atoms with Gasteiger partial charge in [-0.1, -0.05) is 18.2 Å². The van der Waals surface area contributed by atoms with Crippen LogP contribution in [0.5, 0.6) is 0 Å². The summed E-state index contributed by atoms with van der Waals surface area (Å²) in [5, 5.41) is 3.02. The van der Waals surface area contributed by atoms with Gasteiger partial charge in [0.15, 0.2) is 0 Å². The minimum Gasteiger partial charge on any atom is -0.371 e. The molecule has 2 aromatic rings. The molecule has 1 atom stereocenters. The third-order valence-electron chi connectivity index (χ3n) is 4.99. The molecule has 5 heteroatoms. The zero-order valence-electron chi connectivity index (χ0n) is 15.2. The molecule has 0 unspecified atom stereocenters. The molecule has 1 saturated heterocycles. The van der Waals surface area contributed by atoms with E-state index in [9.17, 15) is 4.79 Å². The molecule has 25 heavy (non-hydrogen) atoms. The summed E-state index contributed by atoms with van der Waals surface area (Å²) in [4.78, 5) is 16.5. The third-order valence-corrected chi connectivity index (χ3v) is 4.99. The van der Waals surface area contributed by atoms with Gasteiger partial charge in [0.05, 0.1) is 0 Å². The Morgan fingerprint density at radius 1 is 1.24 bits per heavy atom. The number of hydrogen-bond donors (Lipinski definition) is 1. The number of rotatable bonds is 6. The van der Waals surface area contributed by atoms with Crippen molar-refractivity contribution in [3.8, 4) is 0 Å². The Labute approximate surface area is 150 Å². The second-order valence-corrected chi connectivity index (χ2v) is 6.91. The molecular formula is C20H28N4O. The molecule has 0 radical (unpaired) electrons. The van der Waals surface area contributed by atoms with Gasteiger partial charge in [-0.25, -0.2) is 4.79 Å². The van der Waals surface area contributed by atoms with Crippen LogP contribution in [0.25, 0.3) is 0 Å². The van der Waals surface area contributed by atoms with E-state index >= 15 is 0 Å². The predicted molar refractivity (Wildman–Crippen MR) is 102 cm³/mol. The molecule has 3 rings (SSSR count). The monoisotopic (exact) mass is 340 g/mol. The molecule has 5 nitrogen and oxygen atoms in total. The number of carbonyl (C=O) groups excluding carboxylic acids is 1. The van der Waals surface area contributed by atoms with Gasteiger partial charge in [-0.15, -0.1) is 0 Å². The van der Waals surface area contributed by atoms with Crippen molar-refractivity contribution in [1.29, 1.82) is 0 Å². The lowest BCUT2D eigenvalue weighted by Crippen LogP contribution is -2.41. The first-order valence-corrected chi connectivity index (χ1v) is 9.02. The first-order valence-electron chi connectivity index (χ1n) is 9.02. The number of anilines is 1. The van der Waals surface area contributed by atoms with Crippen LogP contribution in [0.2, 0.25) is 0 Å². The van der Waals surface area contributed by atoms with Gasteiger partial charge in [0, 0.05) is 64.3 Å². The lowest BCUT2D eigenvalue weighted by atomic mass is 10.1. The van der Waals surface area contributed by atoms with E-state index in [4.69, 9.17) is 0 Å². The minimum atomic E-state index is 0.0207. The number of aryl methyl sites for hydroxylation is 1. The molecule has 1 aromatic carbocycles. The summed E-state index contributed by atoms with van der Waals surface area (Å²) in [6.07, 6.45) is 4.02. The summed E-state index contributed by atoms with van der Waals surface area (Å²) < 4.78 is 2.09. The van der Waals surface area contributed by atoms with E-state index in [-0.39, 0.29) is 6.03 Å². The van der Waals surface area contributed by atoms with Gasteiger partial charge in [-0.05, 0) is 36.6 Å². The smallest absolute Gasteiger partial charge is 0.317 e. The van der Waals surface area contributed by atoms with Crippen LogP contribution in [0.4, 0.5) is 10.5 Å². The number of aromatic nitrogens is 1. The van der Waals surface area contributed by atoms with E-state index in [0.29, 0.717) is 12.5 Å². The van der Waals surface area contributed by atoms with Crippen molar-refractivity contribution in [2.75, 3.05) is 38.1 Å². The average Bonchev–Trinajstić information content (AvgIpc) is 3.25. The lowest BCUT2D eigenvalue weighted by molar-refractivity contribution is 0.202. The zero-order chi connectivity index (χ0) is 17.6. The molecule has 0 saturated carbocycles. The molecule has 0 bridgehead atoms. The fourth-order valence-electron chi connectivity index (χ4n) is 3.51. The second-order valence-electron chi connectivity index (χ2n) is 6.91. The summed E-state index contributed by atoms with van der Waals surface area (Å²) in [5.74, 6) is 0.531. The molecule has 134 valence electrons. The highest BCUT2D eigenvalue weighted by molar-refractivity contribution is 5.73. The van der Waals surface area contributed by atoms with Gasteiger partial charge < -0.3 is 19.7 Å². The van der Waals surface area contributed by atoms with Crippen molar-refractivity contribution in [2.24, 2.45) is 13.0 Å². The Morgan fingerprint density at radius 2 is 2.04 bits per heavy atom. The van der Waals surface area contributed by atoms with Gasteiger partial charge in [0.25, 0.3) is 0 Å². The summed E-state index contributed by atoms with van der Waals surface area (Å²) in [6, 6.07) is 14.7. The summed E-state index contributed by atoms with van der Waals surface area (Å²) in [6.45, 7) is 3.56. The van der Waals surface area contributed by atoms with Gasteiger partial charge >= 0.3 is 6.03 Å². The Morgan fingerprint density at radius 3 is 2.76 bits per heavy atom. The van der Waals surface area contributed by atoms with Gasteiger partial charge in [0.2, 0.25) is 0 Å². The Bertz CT molecular complexity index is 682. The van der Waals surface area contributed by atoms with E-state index < -0.39 is 0 Å². The van der Waals surface area contributed by atoms with Crippen LogP contribution in [-0.2, 0) is 13.5 Å². The second kappa shape index (κ2) is 8.10. The van der Waals surface area contributed by atoms with E-state index in [1.54, 1.807) is 0 Å². The first-order chi connectivity index (χ1) is 12.1. The maximum atomic E-state index is 12.3. The number of urea groups is 1. The fraction of sp³-hybridized carbons (Fsp3) is 0.450. The van der Waals surface area contributed by atoms with Crippen LogP contribution >= 0.6 is 0 Å². The molecule has 0 aliphatic carbocycles. The van der Waals surface area contributed by atoms with Crippen molar-refractivity contribution < 1.29 is 4.79 Å². The molecule has 1 aliphatic heterocycles. The standard InChI is InChI=1S/C20H28N4O/c1-22-13-6-9-18(22)10-12-21-20(25)23(2)15-17-11-14-24(16-17)19-7-4-3-5-8-19/h3-9,13,17H,10-12,14-16H2,1-2H3,(H,21,25)/t17-/m1/s1. The average molecular weight is 340 g/mol. The van der Waals surface area contributed by atoms with E-state index in [2.05, 4.69) is 45.1 Å². The summed E-state index contributed by atoms with van der Waals surface area (Å²) in [7, 11) is 3.92. The fourth-order valence-corrected chi connectivity index (χ4v) is 3.51. The Hall–Kier alpha value is -2.43. The predicted octanol–water partition coefficient (Wildman–Crippen LogP) is 2.74. The molecule has 2 amide bonds. The summed E-state index contributed by atoms with van der Waals surface area (Å²) >= 11 is 0. The highest BCUT2D eigenvalue weighted by Gasteiger charge is 2.25.